The van der Waals surface area contributed by atoms with E-state index in [9.17, 15) is 18.0 Å². The minimum atomic E-state index is -3.70. The number of anilines is 2. The number of para-hydroxylation sites is 1. The molecule has 1 aromatic heterocycles. The molecular formula is C20H24N2O5S2. The maximum Gasteiger partial charge on any atom is 0.341 e. The smallest absolute Gasteiger partial charge is 0.341 e. The summed E-state index contributed by atoms with van der Waals surface area (Å²) in [6.07, 6.45) is 3.66. The van der Waals surface area contributed by atoms with Crippen molar-refractivity contribution in [2.45, 2.75) is 39.2 Å². The minimum absolute atomic E-state index is 0.239. The molecule has 1 aliphatic carbocycles. The summed E-state index contributed by atoms with van der Waals surface area (Å²) in [5, 5.41) is 3.20. The van der Waals surface area contributed by atoms with Gasteiger partial charge in [0.2, 0.25) is 15.9 Å². The van der Waals surface area contributed by atoms with Gasteiger partial charge in [0, 0.05) is 4.88 Å². The number of benzene rings is 1. The zero-order valence-electron chi connectivity index (χ0n) is 16.6. The minimum Gasteiger partial charge on any atom is -0.462 e. The highest BCUT2D eigenvalue weighted by Gasteiger charge is 2.32. The van der Waals surface area contributed by atoms with Crippen LogP contribution in [0.4, 0.5) is 10.7 Å². The maximum atomic E-state index is 13.0. The second-order valence-electron chi connectivity index (χ2n) is 6.84. The molecule has 0 saturated heterocycles. The number of hydrogen-bond acceptors (Lipinski definition) is 6. The van der Waals surface area contributed by atoms with Crippen LogP contribution in [0, 0.1) is 0 Å². The van der Waals surface area contributed by atoms with E-state index in [1.54, 1.807) is 37.3 Å². The monoisotopic (exact) mass is 436 g/mol. The third-order valence-electron chi connectivity index (χ3n) is 4.74. The molecule has 0 saturated carbocycles. The van der Waals surface area contributed by atoms with Gasteiger partial charge in [-0.05, 0) is 50.8 Å². The molecule has 0 bridgehead atoms. The normalized spacial score (nSPS) is 14.2. The number of carbonyl (C=O) groups is 2. The van der Waals surface area contributed by atoms with Crippen molar-refractivity contribution in [1.82, 2.24) is 0 Å². The van der Waals surface area contributed by atoms with Crippen LogP contribution >= 0.6 is 11.3 Å². The molecule has 0 aliphatic heterocycles. The molecule has 0 unspecified atom stereocenters. The molecule has 156 valence electrons. The van der Waals surface area contributed by atoms with E-state index in [1.165, 1.54) is 18.3 Å². The molecule has 1 amide bonds. The van der Waals surface area contributed by atoms with E-state index in [1.807, 2.05) is 0 Å². The third kappa shape index (κ3) is 4.45. The van der Waals surface area contributed by atoms with Crippen LogP contribution in [0.5, 0.6) is 0 Å². The number of carbonyl (C=O) groups excluding carboxylic acids is 2. The summed E-state index contributed by atoms with van der Waals surface area (Å²) in [5.41, 5.74) is 1.73. The van der Waals surface area contributed by atoms with E-state index in [0.717, 1.165) is 40.3 Å². The summed E-state index contributed by atoms with van der Waals surface area (Å²) in [4.78, 5) is 26.5. The second-order valence-corrected chi connectivity index (χ2v) is 9.81. The van der Waals surface area contributed by atoms with Crippen molar-refractivity contribution in [2.75, 3.05) is 22.5 Å². The zero-order chi connectivity index (χ0) is 21.2. The van der Waals surface area contributed by atoms with Crippen LogP contribution in [0.15, 0.2) is 30.3 Å². The van der Waals surface area contributed by atoms with Crippen LogP contribution in [0.25, 0.3) is 0 Å². The number of hydrogen-bond donors (Lipinski definition) is 1. The predicted octanol–water partition coefficient (Wildman–Crippen LogP) is 3.21. The summed E-state index contributed by atoms with van der Waals surface area (Å²) in [5.74, 6) is -0.970. The fraction of sp³-hybridized carbons (Fsp3) is 0.400. The molecule has 1 heterocycles. The van der Waals surface area contributed by atoms with Crippen LogP contribution < -0.4 is 9.62 Å². The fourth-order valence-corrected chi connectivity index (χ4v) is 5.97. The molecule has 3 rings (SSSR count). The predicted molar refractivity (Wildman–Crippen MR) is 114 cm³/mol. The lowest BCUT2D eigenvalue weighted by molar-refractivity contribution is -0.116. The second kappa shape index (κ2) is 8.54. The van der Waals surface area contributed by atoms with Crippen LogP contribution in [0.3, 0.4) is 0 Å². The van der Waals surface area contributed by atoms with E-state index >= 15 is 0 Å². The van der Waals surface area contributed by atoms with Crippen LogP contribution in [-0.4, -0.2) is 39.2 Å². The molecule has 0 radical (unpaired) electrons. The average molecular weight is 437 g/mol. The van der Waals surface area contributed by atoms with Gasteiger partial charge in [0.05, 0.1) is 24.1 Å². The number of thiophene rings is 1. The summed E-state index contributed by atoms with van der Waals surface area (Å²) in [6, 6.07) is 7.46. The first kappa shape index (κ1) is 21.3. The molecule has 0 fully saturated rings. The van der Waals surface area contributed by atoms with Gasteiger partial charge in [-0.3, -0.25) is 9.10 Å². The van der Waals surface area contributed by atoms with Crippen molar-refractivity contribution in [1.29, 1.82) is 0 Å². The number of esters is 1. The maximum absolute atomic E-state index is 13.0. The van der Waals surface area contributed by atoms with Gasteiger partial charge in [-0.25, -0.2) is 13.2 Å². The molecular weight excluding hydrogens is 412 g/mol. The highest BCUT2D eigenvalue weighted by Crippen LogP contribution is 2.39. The first-order valence-electron chi connectivity index (χ1n) is 9.41. The molecule has 1 aromatic carbocycles. The largest absolute Gasteiger partial charge is 0.462 e. The number of ether oxygens (including phenoxy) is 1. The molecule has 0 spiro atoms. The lowest BCUT2D eigenvalue weighted by Crippen LogP contribution is -2.45. The van der Waals surface area contributed by atoms with Gasteiger partial charge in [-0.1, -0.05) is 18.2 Å². The molecule has 7 nitrogen and oxygen atoms in total. The number of nitrogens with zero attached hydrogens (tertiary/aromatic N) is 1. The third-order valence-corrected chi connectivity index (χ3v) is 7.19. The van der Waals surface area contributed by atoms with Crippen molar-refractivity contribution in [2.24, 2.45) is 0 Å². The van der Waals surface area contributed by atoms with Gasteiger partial charge in [-0.15, -0.1) is 11.3 Å². The van der Waals surface area contributed by atoms with Crippen molar-refractivity contribution in [3.63, 3.8) is 0 Å². The lowest BCUT2D eigenvalue weighted by atomic mass is 10.1. The molecule has 1 atom stereocenters. The van der Waals surface area contributed by atoms with Crippen molar-refractivity contribution in [3.05, 3.63) is 46.3 Å². The van der Waals surface area contributed by atoms with E-state index in [4.69, 9.17) is 4.74 Å². The highest BCUT2D eigenvalue weighted by atomic mass is 32.2. The van der Waals surface area contributed by atoms with Crippen LogP contribution in [-0.2, 0) is 32.4 Å². The van der Waals surface area contributed by atoms with Crippen LogP contribution in [0.2, 0.25) is 0 Å². The van der Waals surface area contributed by atoms with Gasteiger partial charge < -0.3 is 10.1 Å². The number of rotatable bonds is 7. The Balaban J connectivity index is 1.91. The Morgan fingerprint density at radius 2 is 1.93 bits per heavy atom. The lowest BCUT2D eigenvalue weighted by Gasteiger charge is -2.28. The molecule has 9 heteroatoms. The van der Waals surface area contributed by atoms with E-state index in [-0.39, 0.29) is 6.61 Å². The first-order valence-corrected chi connectivity index (χ1v) is 12.1. The van der Waals surface area contributed by atoms with Crippen molar-refractivity contribution >= 4 is 43.9 Å². The SMILES string of the molecule is CCOC(=O)c1c(NC(=O)[C@H](C)N(c2ccccc2)S(C)(=O)=O)sc2c1CCC2. The first-order chi connectivity index (χ1) is 13.7. The number of nitrogens with one attached hydrogen (secondary N) is 1. The van der Waals surface area contributed by atoms with Gasteiger partial charge >= 0.3 is 5.97 Å². The van der Waals surface area contributed by atoms with Crippen LogP contribution in [0.1, 0.15) is 41.1 Å². The number of sulfonamides is 1. The van der Waals surface area contributed by atoms with E-state index < -0.39 is 27.9 Å². The van der Waals surface area contributed by atoms with Gasteiger partial charge in [0.1, 0.15) is 11.0 Å². The number of amides is 1. The standard InChI is InChI=1S/C20H24N2O5S2/c1-4-27-20(24)17-15-11-8-12-16(15)28-19(17)21-18(23)13(2)22(29(3,25)26)14-9-6-5-7-10-14/h5-7,9-10,13H,4,8,11-12H2,1-3H3,(H,21,23)/t13-/m0/s1. The number of aryl methyl sites for hydroxylation is 1. The number of fused-ring (bicyclic) bond motifs is 1. The topological polar surface area (TPSA) is 92.8 Å². The quantitative estimate of drug-likeness (QED) is 0.673. The van der Waals surface area contributed by atoms with E-state index in [0.29, 0.717) is 16.3 Å². The van der Waals surface area contributed by atoms with Gasteiger partial charge in [0.25, 0.3) is 0 Å². The highest BCUT2D eigenvalue weighted by molar-refractivity contribution is 7.92. The van der Waals surface area contributed by atoms with Gasteiger partial charge in [-0.2, -0.15) is 0 Å². The Morgan fingerprint density at radius 1 is 1.24 bits per heavy atom. The summed E-state index contributed by atoms with van der Waals surface area (Å²) >= 11 is 1.36. The van der Waals surface area contributed by atoms with Gasteiger partial charge in [0.15, 0.2) is 0 Å². The van der Waals surface area contributed by atoms with Crippen molar-refractivity contribution < 1.29 is 22.7 Å². The van der Waals surface area contributed by atoms with E-state index in [2.05, 4.69) is 5.32 Å². The molecule has 1 N–H and O–H groups in total. The summed E-state index contributed by atoms with van der Waals surface area (Å²) in [6.45, 7) is 3.49. The Kier molecular flexibility index (Phi) is 6.28. The molecule has 1 aliphatic rings. The van der Waals surface area contributed by atoms with Crippen molar-refractivity contribution in [3.8, 4) is 0 Å². The summed E-state index contributed by atoms with van der Waals surface area (Å²) < 4.78 is 31.0. The molecule has 2 aromatic rings. The Hall–Kier alpha value is -2.39. The molecule has 29 heavy (non-hydrogen) atoms. The Bertz CT molecular complexity index is 1010. The summed E-state index contributed by atoms with van der Waals surface area (Å²) in [7, 11) is -3.70. The Morgan fingerprint density at radius 3 is 2.55 bits per heavy atom. The Labute approximate surface area is 174 Å². The average Bonchev–Trinajstić information content (AvgIpc) is 3.22. The zero-order valence-corrected chi connectivity index (χ0v) is 18.2. The fourth-order valence-electron chi connectivity index (χ4n) is 3.51.